The average molecular weight is 383 g/mol. The number of nitrogens with zero attached hydrogens (tertiary/aromatic N) is 2. The molecule has 1 aromatic heterocycles. The Bertz CT molecular complexity index is 864. The van der Waals surface area contributed by atoms with Crippen molar-refractivity contribution in [3.63, 3.8) is 0 Å². The van der Waals surface area contributed by atoms with Crippen LogP contribution in [0.3, 0.4) is 0 Å². The second-order valence-electron chi connectivity index (χ2n) is 7.46. The van der Waals surface area contributed by atoms with Gasteiger partial charge < -0.3 is 19.9 Å². The smallest absolute Gasteiger partial charge is 0.339 e. The zero-order valence-corrected chi connectivity index (χ0v) is 16.0. The van der Waals surface area contributed by atoms with E-state index < -0.39 is 5.97 Å². The summed E-state index contributed by atoms with van der Waals surface area (Å²) >= 11 is 0. The van der Waals surface area contributed by atoms with E-state index in [1.165, 1.54) is 12.8 Å². The lowest BCUT2D eigenvalue weighted by molar-refractivity contribution is 0.0103. The molecule has 0 bridgehead atoms. The maximum Gasteiger partial charge on any atom is 0.339 e. The fraction of sp³-hybridized carbons (Fsp3) is 0.476. The predicted octanol–water partition coefficient (Wildman–Crippen LogP) is 3.75. The highest BCUT2D eigenvalue weighted by Gasteiger charge is 2.42. The molecule has 1 aliphatic heterocycles. The van der Waals surface area contributed by atoms with Crippen molar-refractivity contribution < 1.29 is 19.4 Å². The molecule has 1 atom stereocenters. The van der Waals surface area contributed by atoms with Crippen molar-refractivity contribution in [1.29, 1.82) is 0 Å². The number of carboxylic acids is 1. The van der Waals surface area contributed by atoms with Gasteiger partial charge in [-0.15, -0.1) is 0 Å². The number of hydrogen-bond acceptors (Lipinski definition) is 6. The van der Waals surface area contributed by atoms with Crippen molar-refractivity contribution in [3.8, 4) is 17.0 Å². The van der Waals surface area contributed by atoms with Crippen molar-refractivity contribution in [3.05, 3.63) is 36.0 Å². The molecule has 1 spiro atoms. The highest BCUT2D eigenvalue weighted by molar-refractivity contribution is 5.92. The first kappa shape index (κ1) is 18.7. The SMILES string of the molecule is CCOc1ccc(-c2ccnc(NC3COC4(CCCC4)C3)n2)cc1C(=O)O. The molecule has 2 aliphatic rings. The molecule has 2 N–H and O–H groups in total. The molecule has 1 saturated carbocycles. The van der Waals surface area contributed by atoms with Gasteiger partial charge in [-0.2, -0.15) is 0 Å². The highest BCUT2D eigenvalue weighted by atomic mass is 16.5. The monoisotopic (exact) mass is 383 g/mol. The van der Waals surface area contributed by atoms with Gasteiger partial charge in [-0.3, -0.25) is 0 Å². The van der Waals surface area contributed by atoms with E-state index in [4.69, 9.17) is 9.47 Å². The number of benzene rings is 1. The molecule has 4 rings (SSSR count). The Morgan fingerprint density at radius 2 is 2.18 bits per heavy atom. The molecular weight excluding hydrogens is 358 g/mol. The van der Waals surface area contributed by atoms with Gasteiger partial charge in [0.1, 0.15) is 11.3 Å². The van der Waals surface area contributed by atoms with Crippen molar-refractivity contribution >= 4 is 11.9 Å². The largest absolute Gasteiger partial charge is 0.493 e. The molecule has 0 amide bonds. The van der Waals surface area contributed by atoms with Crippen LogP contribution in [0.2, 0.25) is 0 Å². The minimum atomic E-state index is -1.03. The van der Waals surface area contributed by atoms with Crippen LogP contribution in [0.4, 0.5) is 5.95 Å². The first-order chi connectivity index (χ1) is 13.6. The van der Waals surface area contributed by atoms with Gasteiger partial charge in [-0.1, -0.05) is 12.8 Å². The van der Waals surface area contributed by atoms with Crippen LogP contribution in [0.15, 0.2) is 30.5 Å². The van der Waals surface area contributed by atoms with Crippen LogP contribution < -0.4 is 10.1 Å². The van der Waals surface area contributed by atoms with Crippen LogP contribution in [-0.4, -0.2) is 45.9 Å². The Morgan fingerprint density at radius 1 is 1.36 bits per heavy atom. The molecule has 148 valence electrons. The lowest BCUT2D eigenvalue weighted by atomic mass is 9.96. The summed E-state index contributed by atoms with van der Waals surface area (Å²) in [4.78, 5) is 20.5. The number of rotatable bonds is 6. The van der Waals surface area contributed by atoms with Crippen molar-refractivity contribution in [2.24, 2.45) is 0 Å². The summed E-state index contributed by atoms with van der Waals surface area (Å²) in [5.74, 6) is -0.134. The number of aromatic nitrogens is 2. The van der Waals surface area contributed by atoms with E-state index >= 15 is 0 Å². The Labute approximate surface area is 164 Å². The van der Waals surface area contributed by atoms with Crippen molar-refractivity contribution in [2.45, 2.75) is 50.7 Å². The summed E-state index contributed by atoms with van der Waals surface area (Å²) in [6.45, 7) is 2.90. The van der Waals surface area contributed by atoms with E-state index in [9.17, 15) is 9.90 Å². The fourth-order valence-electron chi connectivity index (χ4n) is 4.21. The Balaban J connectivity index is 1.52. The lowest BCUT2D eigenvalue weighted by Crippen LogP contribution is -2.26. The molecule has 1 aromatic carbocycles. The van der Waals surface area contributed by atoms with E-state index in [-0.39, 0.29) is 17.2 Å². The number of carbonyl (C=O) groups is 1. The average Bonchev–Trinajstić information content (AvgIpc) is 3.32. The number of nitrogens with one attached hydrogen (secondary N) is 1. The summed E-state index contributed by atoms with van der Waals surface area (Å²) in [5.41, 5.74) is 1.54. The first-order valence-corrected chi connectivity index (χ1v) is 9.83. The van der Waals surface area contributed by atoms with Crippen LogP contribution in [-0.2, 0) is 4.74 Å². The van der Waals surface area contributed by atoms with Crippen LogP contribution >= 0.6 is 0 Å². The minimum Gasteiger partial charge on any atom is -0.493 e. The number of hydrogen-bond donors (Lipinski definition) is 2. The van der Waals surface area contributed by atoms with E-state index in [0.29, 0.717) is 36.2 Å². The van der Waals surface area contributed by atoms with Gasteiger partial charge in [-0.05, 0) is 50.5 Å². The van der Waals surface area contributed by atoms with E-state index in [2.05, 4.69) is 15.3 Å². The van der Waals surface area contributed by atoms with Gasteiger partial charge >= 0.3 is 5.97 Å². The quantitative estimate of drug-likeness (QED) is 0.784. The molecule has 1 aliphatic carbocycles. The molecule has 7 heteroatoms. The standard InChI is InChI=1S/C21H25N3O4/c1-2-27-18-6-5-14(11-16(18)19(25)26)17-7-10-22-20(24-17)23-15-12-21(28-13-15)8-3-4-9-21/h5-7,10-11,15H,2-4,8-9,12-13H2,1H3,(H,25,26)(H,22,23,24). The Kier molecular flexibility index (Phi) is 5.17. The fourth-order valence-corrected chi connectivity index (χ4v) is 4.21. The van der Waals surface area contributed by atoms with Crippen molar-refractivity contribution in [2.75, 3.05) is 18.5 Å². The maximum absolute atomic E-state index is 11.6. The number of ether oxygens (including phenoxy) is 2. The molecular formula is C21H25N3O4. The topological polar surface area (TPSA) is 93.6 Å². The lowest BCUT2D eigenvalue weighted by Gasteiger charge is -2.21. The second-order valence-corrected chi connectivity index (χ2v) is 7.46. The number of carboxylic acid groups (broad SMARTS) is 1. The summed E-state index contributed by atoms with van der Waals surface area (Å²) in [5, 5.41) is 12.9. The minimum absolute atomic E-state index is 0.0424. The molecule has 2 fully saturated rings. The van der Waals surface area contributed by atoms with E-state index in [1.807, 2.05) is 13.0 Å². The Hall–Kier alpha value is -2.67. The van der Waals surface area contributed by atoms with Crippen molar-refractivity contribution in [1.82, 2.24) is 9.97 Å². The molecule has 1 unspecified atom stereocenters. The predicted molar refractivity (Wildman–Crippen MR) is 105 cm³/mol. The van der Waals surface area contributed by atoms with Gasteiger partial charge in [0, 0.05) is 11.8 Å². The molecule has 0 radical (unpaired) electrons. The molecule has 28 heavy (non-hydrogen) atoms. The highest BCUT2D eigenvalue weighted by Crippen LogP contribution is 2.41. The number of aromatic carboxylic acids is 1. The number of anilines is 1. The third-order valence-electron chi connectivity index (χ3n) is 5.52. The van der Waals surface area contributed by atoms with Gasteiger partial charge in [0.05, 0.1) is 30.6 Å². The summed E-state index contributed by atoms with van der Waals surface area (Å²) in [7, 11) is 0. The van der Waals surface area contributed by atoms with Gasteiger partial charge in [-0.25, -0.2) is 14.8 Å². The third kappa shape index (κ3) is 3.80. The van der Waals surface area contributed by atoms with Crippen LogP contribution in [0, 0.1) is 0 Å². The van der Waals surface area contributed by atoms with E-state index in [1.54, 1.807) is 24.4 Å². The van der Waals surface area contributed by atoms with Crippen LogP contribution in [0.1, 0.15) is 49.4 Å². The zero-order chi connectivity index (χ0) is 19.6. The third-order valence-corrected chi connectivity index (χ3v) is 5.52. The first-order valence-electron chi connectivity index (χ1n) is 9.83. The van der Waals surface area contributed by atoms with E-state index in [0.717, 1.165) is 19.3 Å². The van der Waals surface area contributed by atoms with Gasteiger partial charge in [0.2, 0.25) is 5.95 Å². The molecule has 1 saturated heterocycles. The summed E-state index contributed by atoms with van der Waals surface area (Å²) < 4.78 is 11.5. The summed E-state index contributed by atoms with van der Waals surface area (Å²) in [6, 6.07) is 7.05. The van der Waals surface area contributed by atoms with Crippen LogP contribution in [0.5, 0.6) is 5.75 Å². The normalized spacial score (nSPS) is 20.4. The molecule has 2 aromatic rings. The maximum atomic E-state index is 11.6. The molecule has 2 heterocycles. The zero-order valence-electron chi connectivity index (χ0n) is 16.0. The Morgan fingerprint density at radius 3 is 2.93 bits per heavy atom. The summed E-state index contributed by atoms with van der Waals surface area (Å²) in [6.07, 6.45) is 7.41. The van der Waals surface area contributed by atoms with Gasteiger partial charge in [0.15, 0.2) is 0 Å². The van der Waals surface area contributed by atoms with Gasteiger partial charge in [0.25, 0.3) is 0 Å². The second kappa shape index (κ2) is 7.75. The van der Waals surface area contributed by atoms with Crippen LogP contribution in [0.25, 0.3) is 11.3 Å². The molecule has 7 nitrogen and oxygen atoms in total.